The van der Waals surface area contributed by atoms with Crippen molar-refractivity contribution in [3.05, 3.63) is 40.9 Å². The first-order chi connectivity index (χ1) is 6.97. The molecule has 1 N–H and O–H groups in total. The molecule has 0 saturated heterocycles. The van der Waals surface area contributed by atoms with Gasteiger partial charge in [-0.1, -0.05) is 29.3 Å². The highest BCUT2D eigenvalue weighted by molar-refractivity contribution is 7.89. The molecule has 0 aliphatic rings. The Balaban J connectivity index is 3.10. The average Bonchev–Trinajstić information content (AvgIpc) is 2.14. The second-order valence-electron chi connectivity index (χ2n) is 2.72. The lowest BCUT2D eigenvalue weighted by Crippen LogP contribution is -2.23. The SMILES string of the molecule is C=CCNS(=O)(=O)c1ccc(Cl)cc1Cl. The van der Waals surface area contributed by atoms with E-state index >= 15 is 0 Å². The molecule has 82 valence electrons. The highest BCUT2D eigenvalue weighted by atomic mass is 35.5. The molecule has 0 fully saturated rings. The van der Waals surface area contributed by atoms with Gasteiger partial charge in [0.2, 0.25) is 10.0 Å². The van der Waals surface area contributed by atoms with Crippen molar-refractivity contribution in [3.8, 4) is 0 Å². The molecule has 0 radical (unpaired) electrons. The molecule has 1 aromatic carbocycles. The van der Waals surface area contributed by atoms with Crippen molar-refractivity contribution in [2.24, 2.45) is 0 Å². The monoisotopic (exact) mass is 265 g/mol. The van der Waals surface area contributed by atoms with Crippen LogP contribution in [0, 0.1) is 0 Å². The van der Waals surface area contributed by atoms with Gasteiger partial charge in [0.05, 0.1) is 5.02 Å². The van der Waals surface area contributed by atoms with Crippen molar-refractivity contribution in [2.45, 2.75) is 4.90 Å². The third-order valence-corrected chi connectivity index (χ3v) is 3.74. The van der Waals surface area contributed by atoms with Crippen molar-refractivity contribution in [3.63, 3.8) is 0 Å². The van der Waals surface area contributed by atoms with Crippen LogP contribution in [0.15, 0.2) is 35.7 Å². The van der Waals surface area contributed by atoms with Crippen LogP contribution in [-0.4, -0.2) is 15.0 Å². The van der Waals surface area contributed by atoms with E-state index in [1.807, 2.05) is 0 Å². The second kappa shape index (κ2) is 4.99. The Hall–Kier alpha value is -0.550. The van der Waals surface area contributed by atoms with Crippen LogP contribution in [0.25, 0.3) is 0 Å². The zero-order valence-electron chi connectivity index (χ0n) is 7.70. The first-order valence-electron chi connectivity index (χ1n) is 4.03. The first kappa shape index (κ1) is 12.5. The molecule has 0 aliphatic carbocycles. The maximum Gasteiger partial charge on any atom is 0.242 e. The largest absolute Gasteiger partial charge is 0.242 e. The average molecular weight is 266 g/mol. The summed E-state index contributed by atoms with van der Waals surface area (Å²) in [6, 6.07) is 4.21. The molecule has 0 aliphatic heterocycles. The Kier molecular flexibility index (Phi) is 4.16. The van der Waals surface area contributed by atoms with Gasteiger partial charge in [0.15, 0.2) is 0 Å². The van der Waals surface area contributed by atoms with Crippen LogP contribution >= 0.6 is 23.2 Å². The molecule has 3 nitrogen and oxygen atoms in total. The van der Waals surface area contributed by atoms with Gasteiger partial charge >= 0.3 is 0 Å². The molecule has 0 atom stereocenters. The molecular weight excluding hydrogens is 257 g/mol. The molecule has 0 saturated carbocycles. The normalized spacial score (nSPS) is 11.3. The minimum Gasteiger partial charge on any atom is -0.207 e. The van der Waals surface area contributed by atoms with E-state index in [4.69, 9.17) is 23.2 Å². The number of hydrogen-bond acceptors (Lipinski definition) is 2. The van der Waals surface area contributed by atoms with Crippen LogP contribution in [0.1, 0.15) is 0 Å². The van der Waals surface area contributed by atoms with Gasteiger partial charge in [-0.05, 0) is 18.2 Å². The number of rotatable bonds is 4. The maximum atomic E-state index is 11.6. The fourth-order valence-corrected chi connectivity index (χ4v) is 2.71. The highest BCUT2D eigenvalue weighted by Gasteiger charge is 2.16. The summed E-state index contributed by atoms with van der Waals surface area (Å²) >= 11 is 11.4. The Morgan fingerprint density at radius 3 is 2.60 bits per heavy atom. The molecule has 1 rings (SSSR count). The van der Waals surface area contributed by atoms with E-state index in [9.17, 15) is 8.42 Å². The number of sulfonamides is 1. The van der Waals surface area contributed by atoms with E-state index in [1.54, 1.807) is 0 Å². The van der Waals surface area contributed by atoms with Crippen LogP contribution in [0.4, 0.5) is 0 Å². The maximum absolute atomic E-state index is 11.6. The number of nitrogens with one attached hydrogen (secondary N) is 1. The number of hydrogen-bond donors (Lipinski definition) is 1. The van der Waals surface area contributed by atoms with Crippen molar-refractivity contribution < 1.29 is 8.42 Å². The summed E-state index contributed by atoms with van der Waals surface area (Å²) in [6.45, 7) is 3.57. The summed E-state index contributed by atoms with van der Waals surface area (Å²) in [5.74, 6) is 0. The van der Waals surface area contributed by atoms with E-state index < -0.39 is 10.0 Å². The van der Waals surface area contributed by atoms with E-state index in [1.165, 1.54) is 24.3 Å². The van der Waals surface area contributed by atoms with Crippen molar-refractivity contribution in [1.82, 2.24) is 4.72 Å². The van der Waals surface area contributed by atoms with Crippen LogP contribution in [0.3, 0.4) is 0 Å². The Morgan fingerprint density at radius 1 is 1.40 bits per heavy atom. The standard InChI is InChI=1S/C9H9Cl2NO2S/c1-2-5-12-15(13,14)9-4-3-7(10)6-8(9)11/h2-4,6,12H,1,5H2. The summed E-state index contributed by atoms with van der Waals surface area (Å²) in [7, 11) is -3.58. The molecule has 0 unspecified atom stereocenters. The van der Waals surface area contributed by atoms with Crippen molar-refractivity contribution in [1.29, 1.82) is 0 Å². The lowest BCUT2D eigenvalue weighted by molar-refractivity contribution is 0.585. The van der Waals surface area contributed by atoms with E-state index in [2.05, 4.69) is 11.3 Å². The summed E-state index contributed by atoms with van der Waals surface area (Å²) in [4.78, 5) is 0.00965. The lowest BCUT2D eigenvalue weighted by atomic mass is 10.4. The molecule has 0 aromatic heterocycles. The van der Waals surface area contributed by atoms with Gasteiger partial charge in [0, 0.05) is 11.6 Å². The minimum absolute atomic E-state index is 0.00965. The molecule has 0 spiro atoms. The van der Waals surface area contributed by atoms with Crippen molar-refractivity contribution >= 4 is 33.2 Å². The van der Waals surface area contributed by atoms with Gasteiger partial charge in [0.1, 0.15) is 4.90 Å². The van der Waals surface area contributed by atoms with Crippen LogP contribution in [0.5, 0.6) is 0 Å². The molecule has 6 heteroatoms. The molecular formula is C9H9Cl2NO2S. The fourth-order valence-electron chi connectivity index (χ4n) is 0.940. The van der Waals surface area contributed by atoms with E-state index in [0.29, 0.717) is 5.02 Å². The van der Waals surface area contributed by atoms with Gasteiger partial charge in [-0.3, -0.25) is 0 Å². The van der Waals surface area contributed by atoms with Crippen molar-refractivity contribution in [2.75, 3.05) is 6.54 Å². The summed E-state index contributed by atoms with van der Waals surface area (Å²) in [6.07, 6.45) is 1.45. The van der Waals surface area contributed by atoms with Crippen LogP contribution in [-0.2, 0) is 10.0 Å². The topological polar surface area (TPSA) is 46.2 Å². The highest BCUT2D eigenvalue weighted by Crippen LogP contribution is 2.24. The van der Waals surface area contributed by atoms with E-state index in [0.717, 1.165) is 0 Å². The summed E-state index contributed by atoms with van der Waals surface area (Å²) < 4.78 is 25.6. The fraction of sp³-hybridized carbons (Fsp3) is 0.111. The first-order valence-corrected chi connectivity index (χ1v) is 6.27. The van der Waals surface area contributed by atoms with Gasteiger partial charge in [-0.15, -0.1) is 6.58 Å². The smallest absolute Gasteiger partial charge is 0.207 e. The zero-order chi connectivity index (χ0) is 11.5. The summed E-state index contributed by atoms with van der Waals surface area (Å²) in [5, 5.41) is 0.488. The van der Waals surface area contributed by atoms with Gasteiger partial charge < -0.3 is 0 Å². The molecule has 0 heterocycles. The quantitative estimate of drug-likeness (QED) is 0.851. The predicted molar refractivity (Wildman–Crippen MR) is 61.8 cm³/mol. The minimum atomic E-state index is -3.58. The molecule has 0 bridgehead atoms. The second-order valence-corrected chi connectivity index (χ2v) is 5.29. The molecule has 15 heavy (non-hydrogen) atoms. The molecule has 1 aromatic rings. The number of benzene rings is 1. The zero-order valence-corrected chi connectivity index (χ0v) is 10.0. The predicted octanol–water partition coefficient (Wildman–Crippen LogP) is 2.46. The third-order valence-electron chi connectivity index (χ3n) is 1.60. The Labute approximate surface area is 98.8 Å². The Morgan fingerprint density at radius 2 is 2.07 bits per heavy atom. The van der Waals surface area contributed by atoms with Crippen LogP contribution in [0.2, 0.25) is 10.0 Å². The van der Waals surface area contributed by atoms with Gasteiger partial charge in [0.25, 0.3) is 0 Å². The molecule has 0 amide bonds. The summed E-state index contributed by atoms with van der Waals surface area (Å²) in [5.41, 5.74) is 0. The van der Waals surface area contributed by atoms with Gasteiger partial charge in [-0.25, -0.2) is 13.1 Å². The Bertz CT molecular complexity index is 471. The van der Waals surface area contributed by atoms with E-state index in [-0.39, 0.29) is 16.5 Å². The van der Waals surface area contributed by atoms with Gasteiger partial charge in [-0.2, -0.15) is 0 Å². The number of halogens is 2. The third kappa shape index (κ3) is 3.21. The van der Waals surface area contributed by atoms with Crippen LogP contribution < -0.4 is 4.72 Å². The lowest BCUT2D eigenvalue weighted by Gasteiger charge is -2.06.